The van der Waals surface area contributed by atoms with Gasteiger partial charge in [-0.3, -0.25) is 0 Å². The van der Waals surface area contributed by atoms with Crippen molar-refractivity contribution < 1.29 is 18.1 Å². The highest BCUT2D eigenvalue weighted by atomic mass is 28.4. The average molecular weight is 216 g/mol. The first-order chi connectivity index (χ1) is 6.68. The molecule has 0 saturated carbocycles. The molecule has 0 saturated heterocycles. The van der Waals surface area contributed by atoms with Crippen molar-refractivity contribution in [2.45, 2.75) is 0 Å². The van der Waals surface area contributed by atoms with Crippen LogP contribution < -0.4 is 0 Å². The highest BCUT2D eigenvalue weighted by molar-refractivity contribution is 6.52. The summed E-state index contributed by atoms with van der Waals surface area (Å²) in [6, 6.07) is 0. The number of hydrogen-bond donors (Lipinski definition) is 1. The van der Waals surface area contributed by atoms with Crippen LogP contribution in [0.4, 0.5) is 0 Å². The first-order valence-electron chi connectivity index (χ1n) is 4.15. The largest absolute Gasteiger partial charge is 0.677 e. The summed E-state index contributed by atoms with van der Waals surface area (Å²) < 4.78 is 15.1. The Hall–Kier alpha value is -0.723. The lowest BCUT2D eigenvalue weighted by Gasteiger charge is -2.20. The van der Waals surface area contributed by atoms with Crippen molar-refractivity contribution in [3.63, 3.8) is 0 Å². The molecule has 0 atom stereocenters. The van der Waals surface area contributed by atoms with E-state index < -0.39 is 9.05 Å². The van der Waals surface area contributed by atoms with Gasteiger partial charge in [0.1, 0.15) is 0 Å². The van der Waals surface area contributed by atoms with Crippen molar-refractivity contribution in [1.29, 1.82) is 0 Å². The quantitative estimate of drug-likeness (QED) is 0.462. The lowest BCUT2D eigenvalue weighted by molar-refractivity contribution is 0.0128. The van der Waals surface area contributed by atoms with E-state index in [9.17, 15) is 4.80 Å². The molecule has 0 aromatic heterocycles. The third-order valence-corrected chi connectivity index (χ3v) is 2.75. The van der Waals surface area contributed by atoms with Gasteiger partial charge in [0, 0.05) is 0 Å². The zero-order chi connectivity index (χ0) is 10.9. The summed E-state index contributed by atoms with van der Waals surface area (Å²) in [7, 11) is -3.53. The first-order valence-corrected chi connectivity index (χ1v) is 5.82. The third kappa shape index (κ3) is 5.84. The van der Waals surface area contributed by atoms with Crippen molar-refractivity contribution in [2.75, 3.05) is 19.8 Å². The molecule has 0 heterocycles. The maximum atomic E-state index is 9.73. The fourth-order valence-corrected chi connectivity index (χ4v) is 1.85. The summed E-state index contributed by atoms with van der Waals surface area (Å²) in [5.41, 5.74) is 0. The van der Waals surface area contributed by atoms with Crippen LogP contribution in [-0.2, 0) is 13.3 Å². The average Bonchev–Trinajstić information content (AvgIpc) is 2.21. The van der Waals surface area contributed by atoms with Crippen molar-refractivity contribution in [3.8, 4) is 0 Å². The monoisotopic (exact) mass is 216 g/mol. The van der Waals surface area contributed by atoms with E-state index in [1.807, 2.05) is 0 Å². The summed E-state index contributed by atoms with van der Waals surface area (Å²) in [5.74, 6) is 0. The smallest absolute Gasteiger partial charge is 0.367 e. The summed E-state index contributed by atoms with van der Waals surface area (Å²) in [4.78, 5) is 9.73. The van der Waals surface area contributed by atoms with E-state index in [0.29, 0.717) is 0 Å². The fraction of sp³-hybridized carbons (Fsp3) is 0.333. The summed E-state index contributed by atoms with van der Waals surface area (Å²) in [5, 5.41) is 0. The molecule has 0 rings (SSSR count). The van der Waals surface area contributed by atoms with Crippen LogP contribution in [0.2, 0.25) is 0 Å². The Kier molecular flexibility index (Phi) is 7.26. The Labute approximate surface area is 85.6 Å². The van der Waals surface area contributed by atoms with E-state index in [-0.39, 0.29) is 19.8 Å². The molecule has 0 amide bonds. The van der Waals surface area contributed by atoms with Crippen LogP contribution in [0, 0.1) is 0 Å². The summed E-state index contributed by atoms with van der Waals surface area (Å²) >= 11 is 0. The van der Waals surface area contributed by atoms with Crippen LogP contribution in [0.25, 0.3) is 0 Å². The maximum absolute atomic E-state index is 9.73. The Bertz CT molecular complexity index is 162. The van der Waals surface area contributed by atoms with Crippen molar-refractivity contribution >= 4 is 9.05 Å². The zero-order valence-corrected chi connectivity index (χ0v) is 9.15. The lowest BCUT2D eigenvalue weighted by Crippen LogP contribution is -2.46. The topological polar surface area (TPSA) is 47.9 Å². The molecule has 14 heavy (non-hydrogen) atoms. The van der Waals surface area contributed by atoms with Crippen molar-refractivity contribution in [1.82, 2.24) is 0 Å². The van der Waals surface area contributed by atoms with Gasteiger partial charge < -0.3 is 18.1 Å². The van der Waals surface area contributed by atoms with Crippen LogP contribution in [0.5, 0.6) is 0 Å². The molecule has 0 spiro atoms. The highest BCUT2D eigenvalue weighted by Gasteiger charge is 2.40. The van der Waals surface area contributed by atoms with Crippen LogP contribution in [0.1, 0.15) is 0 Å². The molecule has 0 radical (unpaired) electrons. The molecule has 80 valence electrons. The van der Waals surface area contributed by atoms with Crippen LogP contribution >= 0.6 is 0 Å². The van der Waals surface area contributed by atoms with Crippen LogP contribution in [0.15, 0.2) is 38.0 Å². The van der Waals surface area contributed by atoms with E-state index in [2.05, 4.69) is 19.7 Å². The van der Waals surface area contributed by atoms with Crippen LogP contribution in [0.3, 0.4) is 0 Å². The summed E-state index contributed by atoms with van der Waals surface area (Å²) in [6.07, 6.45) is 4.52. The molecular formula is C9H16O4Si. The van der Waals surface area contributed by atoms with Crippen LogP contribution in [-0.4, -0.2) is 33.7 Å². The molecule has 0 aliphatic heterocycles. The predicted molar refractivity (Wildman–Crippen MR) is 56.4 cm³/mol. The van der Waals surface area contributed by atoms with Crippen molar-refractivity contribution in [2.24, 2.45) is 0 Å². The molecule has 0 aromatic rings. The molecule has 5 heteroatoms. The minimum absolute atomic E-state index is 0.178. The molecule has 0 aromatic carbocycles. The predicted octanol–water partition coefficient (Wildman–Crippen LogP) is 1.02. The zero-order valence-electron chi connectivity index (χ0n) is 8.15. The fourth-order valence-electron chi connectivity index (χ4n) is 0.618. The minimum atomic E-state index is -3.53. The van der Waals surface area contributed by atoms with E-state index in [4.69, 9.17) is 13.3 Å². The Balaban J connectivity index is 4.07. The Morgan fingerprint density at radius 1 is 0.857 bits per heavy atom. The molecular weight excluding hydrogens is 200 g/mol. The van der Waals surface area contributed by atoms with Gasteiger partial charge in [-0.2, -0.15) is 0 Å². The van der Waals surface area contributed by atoms with E-state index in [1.165, 1.54) is 18.2 Å². The summed E-state index contributed by atoms with van der Waals surface area (Å²) in [6.45, 7) is 10.9. The standard InChI is InChI=1S/C9H16O4Si/c1-4-7-11-14(10,12-8-5-2)13-9-6-3/h4-6,10H,1-3,7-9H2. The van der Waals surface area contributed by atoms with Crippen molar-refractivity contribution in [3.05, 3.63) is 38.0 Å². The first kappa shape index (κ1) is 13.3. The Morgan fingerprint density at radius 3 is 1.36 bits per heavy atom. The van der Waals surface area contributed by atoms with E-state index in [0.717, 1.165) is 0 Å². The molecule has 0 bridgehead atoms. The number of rotatable bonds is 9. The van der Waals surface area contributed by atoms with Gasteiger partial charge in [-0.1, -0.05) is 18.2 Å². The minimum Gasteiger partial charge on any atom is -0.367 e. The molecule has 1 N–H and O–H groups in total. The Morgan fingerprint density at radius 2 is 1.14 bits per heavy atom. The third-order valence-electron chi connectivity index (χ3n) is 1.15. The highest BCUT2D eigenvalue weighted by Crippen LogP contribution is 2.05. The second-order valence-electron chi connectivity index (χ2n) is 2.32. The lowest BCUT2D eigenvalue weighted by atomic mass is 10.7. The van der Waals surface area contributed by atoms with Gasteiger partial charge in [0.05, 0.1) is 19.8 Å². The van der Waals surface area contributed by atoms with Gasteiger partial charge in [-0.05, 0) is 0 Å². The second-order valence-corrected chi connectivity index (χ2v) is 4.24. The van der Waals surface area contributed by atoms with Gasteiger partial charge >= 0.3 is 9.05 Å². The van der Waals surface area contributed by atoms with Gasteiger partial charge in [-0.15, -0.1) is 19.7 Å². The van der Waals surface area contributed by atoms with Gasteiger partial charge in [0.15, 0.2) is 0 Å². The SMILES string of the molecule is C=CCO[Si](O)(OCC=C)OCC=C. The normalized spacial score (nSPS) is 10.9. The van der Waals surface area contributed by atoms with Gasteiger partial charge in [0.2, 0.25) is 0 Å². The van der Waals surface area contributed by atoms with Gasteiger partial charge in [-0.25, -0.2) is 0 Å². The number of hydrogen-bond acceptors (Lipinski definition) is 4. The van der Waals surface area contributed by atoms with Gasteiger partial charge in [0.25, 0.3) is 0 Å². The van der Waals surface area contributed by atoms with E-state index in [1.54, 1.807) is 0 Å². The maximum Gasteiger partial charge on any atom is 0.677 e. The molecule has 0 unspecified atom stereocenters. The van der Waals surface area contributed by atoms with E-state index >= 15 is 0 Å². The molecule has 4 nitrogen and oxygen atoms in total. The molecule has 0 fully saturated rings. The second kappa shape index (κ2) is 7.66. The molecule has 0 aliphatic rings. The molecule has 0 aliphatic carbocycles.